The third-order valence-electron chi connectivity index (χ3n) is 11.0. The third-order valence-corrected chi connectivity index (χ3v) is 11.4. The molecule has 53 heavy (non-hydrogen) atoms. The summed E-state index contributed by atoms with van der Waals surface area (Å²) in [4.78, 5) is 18.5. The summed E-state index contributed by atoms with van der Waals surface area (Å²) in [5.74, 6) is 0.197. The molecular formula is C47H83N3O2S. The largest absolute Gasteiger partial charge is 0.440 e. The number of nitrogens with one attached hydrogen (secondary N) is 2. The second kappa shape index (κ2) is 34.5. The first kappa shape index (κ1) is 47.2. The molecule has 2 aromatic rings. The molecule has 1 amide bonds. The molecule has 0 saturated carbocycles. The highest BCUT2D eigenvalue weighted by Crippen LogP contribution is 2.25. The summed E-state index contributed by atoms with van der Waals surface area (Å²) in [6.07, 6.45) is 43.7. The Balaban J connectivity index is 1.53. The first-order chi connectivity index (χ1) is 26.2. The number of fused-ring (bicyclic) bond motifs is 1. The summed E-state index contributed by atoms with van der Waals surface area (Å²) in [7, 11) is 0. The quantitative estimate of drug-likeness (QED) is 0.0528. The maximum absolute atomic E-state index is 13.1. The smallest absolute Gasteiger partial charge is 0.221 e. The van der Waals surface area contributed by atoms with Crippen molar-refractivity contribution in [2.24, 2.45) is 0 Å². The number of carbonyl (C=O) groups excluding carboxylic acids is 1. The van der Waals surface area contributed by atoms with Crippen LogP contribution in [0.3, 0.4) is 0 Å². The monoisotopic (exact) mass is 754 g/mol. The van der Waals surface area contributed by atoms with Crippen LogP contribution in [-0.2, 0) is 4.79 Å². The summed E-state index contributed by atoms with van der Waals surface area (Å²) in [5, 5.41) is 6.61. The van der Waals surface area contributed by atoms with Crippen molar-refractivity contribution in [2.75, 3.05) is 13.1 Å². The number of amides is 1. The van der Waals surface area contributed by atoms with E-state index in [1.54, 1.807) is 0 Å². The van der Waals surface area contributed by atoms with Crippen LogP contribution in [0.4, 0.5) is 0 Å². The summed E-state index contributed by atoms with van der Waals surface area (Å²) < 4.78 is 6.11. The Labute approximate surface area is 332 Å². The second-order valence-corrected chi connectivity index (χ2v) is 16.5. The van der Waals surface area contributed by atoms with Gasteiger partial charge in [-0.05, 0) is 25.0 Å². The topological polar surface area (TPSA) is 67.2 Å². The SMILES string of the molecule is CCCCCCCCCCCCCCCCCCNC(=O)CC(C(=S)NCCCCCCCCCCCCCCCCCC)c1nc2ccccc2o1. The Morgan fingerprint density at radius 2 is 0.906 bits per heavy atom. The van der Waals surface area contributed by atoms with Crippen LogP contribution >= 0.6 is 12.2 Å². The fourth-order valence-electron chi connectivity index (χ4n) is 7.50. The molecule has 1 aromatic heterocycles. The lowest BCUT2D eigenvalue weighted by molar-refractivity contribution is -0.121. The molecule has 0 aliphatic rings. The highest BCUT2D eigenvalue weighted by atomic mass is 32.1. The van der Waals surface area contributed by atoms with Crippen LogP contribution in [0.15, 0.2) is 28.7 Å². The summed E-state index contributed by atoms with van der Waals surface area (Å²) in [6.45, 7) is 6.13. The molecule has 1 aromatic carbocycles. The van der Waals surface area contributed by atoms with Gasteiger partial charge in [-0.15, -0.1) is 0 Å². The zero-order chi connectivity index (χ0) is 37.9. The molecule has 0 spiro atoms. The number of hydrogen-bond donors (Lipinski definition) is 2. The van der Waals surface area contributed by atoms with Gasteiger partial charge in [-0.1, -0.05) is 231 Å². The number of benzene rings is 1. The fourth-order valence-corrected chi connectivity index (χ4v) is 7.78. The van der Waals surface area contributed by atoms with Crippen LogP contribution in [0.5, 0.6) is 0 Å². The van der Waals surface area contributed by atoms with Crippen molar-refractivity contribution in [3.05, 3.63) is 30.2 Å². The summed E-state index contributed by atoms with van der Waals surface area (Å²) in [5.41, 5.74) is 1.54. The molecule has 0 aliphatic heterocycles. The Morgan fingerprint density at radius 1 is 0.547 bits per heavy atom. The Kier molecular flexibility index (Phi) is 30.8. The van der Waals surface area contributed by atoms with Gasteiger partial charge in [0.1, 0.15) is 5.52 Å². The minimum atomic E-state index is -0.357. The summed E-state index contributed by atoms with van der Waals surface area (Å²) >= 11 is 5.86. The van der Waals surface area contributed by atoms with Crippen molar-refractivity contribution in [3.8, 4) is 0 Å². The number of thiocarbonyl (C=S) groups is 1. The predicted octanol–water partition coefficient (Wildman–Crippen LogP) is 14.9. The van der Waals surface area contributed by atoms with Gasteiger partial charge in [0.2, 0.25) is 11.8 Å². The number of carbonyl (C=O) groups is 1. The lowest BCUT2D eigenvalue weighted by Crippen LogP contribution is -2.33. The van der Waals surface area contributed by atoms with Gasteiger partial charge in [-0.25, -0.2) is 4.98 Å². The number of hydrogen-bond acceptors (Lipinski definition) is 4. The molecule has 2 rings (SSSR count). The van der Waals surface area contributed by atoms with Gasteiger partial charge in [0.15, 0.2) is 5.58 Å². The average Bonchev–Trinajstić information content (AvgIpc) is 3.60. The second-order valence-electron chi connectivity index (χ2n) is 16.0. The van der Waals surface area contributed by atoms with Crippen molar-refractivity contribution < 1.29 is 9.21 Å². The van der Waals surface area contributed by atoms with Crippen LogP contribution < -0.4 is 10.6 Å². The van der Waals surface area contributed by atoms with Crippen LogP contribution in [0, 0.1) is 0 Å². The fraction of sp³-hybridized carbons (Fsp3) is 0.809. The maximum Gasteiger partial charge on any atom is 0.221 e. The molecule has 0 fully saturated rings. The third kappa shape index (κ3) is 25.7. The van der Waals surface area contributed by atoms with Gasteiger partial charge >= 0.3 is 0 Å². The number of para-hydroxylation sites is 2. The Morgan fingerprint density at radius 3 is 1.30 bits per heavy atom. The molecule has 0 bridgehead atoms. The van der Waals surface area contributed by atoms with Gasteiger partial charge in [0.05, 0.1) is 10.9 Å². The van der Waals surface area contributed by atoms with E-state index in [2.05, 4.69) is 24.5 Å². The first-order valence-corrected chi connectivity index (χ1v) is 23.5. The van der Waals surface area contributed by atoms with Crippen LogP contribution in [0.2, 0.25) is 0 Å². The first-order valence-electron chi connectivity index (χ1n) is 23.1. The van der Waals surface area contributed by atoms with E-state index in [9.17, 15) is 4.79 Å². The van der Waals surface area contributed by atoms with Gasteiger partial charge in [0.25, 0.3) is 0 Å². The van der Waals surface area contributed by atoms with E-state index in [0.717, 1.165) is 37.0 Å². The molecule has 1 atom stereocenters. The minimum absolute atomic E-state index is 0.0183. The Bertz CT molecular complexity index is 1100. The molecule has 1 heterocycles. The minimum Gasteiger partial charge on any atom is -0.440 e. The zero-order valence-corrected chi connectivity index (χ0v) is 35.6. The van der Waals surface area contributed by atoms with Crippen molar-refractivity contribution in [3.63, 3.8) is 0 Å². The van der Waals surface area contributed by atoms with E-state index < -0.39 is 0 Å². The van der Waals surface area contributed by atoms with Gasteiger partial charge in [0, 0.05) is 19.5 Å². The Hall–Kier alpha value is -1.95. The van der Waals surface area contributed by atoms with Crippen molar-refractivity contribution in [2.45, 2.75) is 232 Å². The number of nitrogens with zero attached hydrogens (tertiary/aromatic N) is 1. The molecule has 0 saturated heterocycles. The number of oxazole rings is 1. The van der Waals surface area contributed by atoms with Crippen molar-refractivity contribution in [1.29, 1.82) is 0 Å². The van der Waals surface area contributed by atoms with Crippen LogP contribution in [0.25, 0.3) is 11.1 Å². The molecule has 2 N–H and O–H groups in total. The van der Waals surface area contributed by atoms with Crippen LogP contribution in [0.1, 0.15) is 238 Å². The highest BCUT2D eigenvalue weighted by Gasteiger charge is 2.26. The standard InChI is InChI=1S/C47H83N3O2S/c1-3-5-7-9-11-13-15-17-19-21-23-25-27-29-31-35-39-48-45(51)41-42(46-50-43-37-33-34-38-44(43)52-46)47(53)49-40-36-32-30-28-26-24-22-20-18-16-14-12-10-8-6-4-2/h33-34,37-38,42H,3-32,35-36,39-41H2,1-2H3,(H,48,51)(H,49,53). The van der Waals surface area contributed by atoms with Gasteiger partial charge in [-0.2, -0.15) is 0 Å². The highest BCUT2D eigenvalue weighted by molar-refractivity contribution is 7.80. The lowest BCUT2D eigenvalue weighted by Gasteiger charge is -2.17. The van der Waals surface area contributed by atoms with Gasteiger partial charge < -0.3 is 15.1 Å². The van der Waals surface area contributed by atoms with E-state index in [4.69, 9.17) is 21.6 Å². The zero-order valence-electron chi connectivity index (χ0n) is 34.8. The molecule has 0 aliphatic carbocycles. The van der Waals surface area contributed by atoms with E-state index in [0.29, 0.717) is 10.9 Å². The lowest BCUT2D eigenvalue weighted by atomic mass is 10.0. The molecular weight excluding hydrogens is 671 g/mol. The average molecular weight is 754 g/mol. The van der Waals surface area contributed by atoms with Crippen molar-refractivity contribution >= 4 is 34.2 Å². The van der Waals surface area contributed by atoms with E-state index in [-0.39, 0.29) is 18.2 Å². The number of aromatic nitrogens is 1. The summed E-state index contributed by atoms with van der Waals surface area (Å²) in [6, 6.07) is 7.78. The molecule has 5 nitrogen and oxygen atoms in total. The van der Waals surface area contributed by atoms with E-state index in [1.807, 2.05) is 24.3 Å². The molecule has 1 unspecified atom stereocenters. The van der Waals surface area contributed by atoms with Crippen molar-refractivity contribution in [1.82, 2.24) is 15.6 Å². The molecule has 304 valence electrons. The number of rotatable bonds is 38. The van der Waals surface area contributed by atoms with E-state index in [1.165, 1.54) is 193 Å². The molecule has 6 heteroatoms. The van der Waals surface area contributed by atoms with Crippen LogP contribution in [-0.4, -0.2) is 29.0 Å². The maximum atomic E-state index is 13.1. The number of unbranched alkanes of at least 4 members (excludes halogenated alkanes) is 30. The van der Waals surface area contributed by atoms with Gasteiger partial charge in [-0.3, -0.25) is 4.79 Å². The van der Waals surface area contributed by atoms with E-state index >= 15 is 0 Å². The predicted molar refractivity (Wildman–Crippen MR) is 234 cm³/mol. The normalized spacial score (nSPS) is 12.0. The molecule has 0 radical (unpaired) electrons.